The van der Waals surface area contributed by atoms with Crippen molar-refractivity contribution >= 4 is 39.5 Å². The van der Waals surface area contributed by atoms with Gasteiger partial charge in [-0.15, -0.1) is 0 Å². The average Bonchev–Trinajstić information content (AvgIpc) is 0.948. The topological polar surface area (TPSA) is 237 Å². The molecule has 0 bridgehead atoms. The molecule has 5 atom stereocenters. The van der Waals surface area contributed by atoms with Crippen molar-refractivity contribution in [3.8, 4) is 0 Å². The first-order chi connectivity index (χ1) is 48.2. The number of aliphatic hydroxyl groups excluding tert-OH is 1. The highest BCUT2D eigenvalue weighted by atomic mass is 31.2. The molecule has 0 aromatic carbocycles. The monoisotopic (exact) mass is 1470 g/mol. The van der Waals surface area contributed by atoms with Gasteiger partial charge in [-0.2, -0.15) is 0 Å². The first kappa shape index (κ1) is 98.1. The highest BCUT2D eigenvalue weighted by molar-refractivity contribution is 7.47. The van der Waals surface area contributed by atoms with Gasteiger partial charge in [0.15, 0.2) is 12.2 Å². The molecule has 0 spiro atoms. The van der Waals surface area contributed by atoms with E-state index in [9.17, 15) is 43.2 Å². The van der Waals surface area contributed by atoms with Gasteiger partial charge in [-0.05, 0) is 43.4 Å². The Morgan fingerprint density at radius 2 is 0.460 bits per heavy atom. The molecule has 0 saturated carbocycles. The Balaban J connectivity index is 5.24. The van der Waals surface area contributed by atoms with E-state index in [1.165, 1.54) is 231 Å². The van der Waals surface area contributed by atoms with Crippen LogP contribution in [-0.4, -0.2) is 96.7 Å². The SMILES string of the molecule is CCCCCCCCCCCCCCCCCCCCC(=O)OC[C@H](COP(=O)(O)OC[C@@H](O)COP(=O)(O)OC[C@@H](COC(=O)CCCCCCCCCCC(C)C)OC(=O)CCCCCCCCCCCC(C)C)OC(=O)CCCCCCCCCCCCCCCCCCC(C)C. The van der Waals surface area contributed by atoms with Crippen molar-refractivity contribution in [1.82, 2.24) is 0 Å². The average molecular weight is 1470 g/mol. The van der Waals surface area contributed by atoms with E-state index in [0.717, 1.165) is 108 Å². The number of ether oxygens (including phenoxy) is 4. The van der Waals surface area contributed by atoms with Gasteiger partial charge in [-0.3, -0.25) is 37.3 Å². The van der Waals surface area contributed by atoms with Gasteiger partial charge in [-0.25, -0.2) is 9.13 Å². The maximum atomic E-state index is 13.1. The quantitative estimate of drug-likeness (QED) is 0.0222. The summed E-state index contributed by atoms with van der Waals surface area (Å²) < 4.78 is 68.7. The van der Waals surface area contributed by atoms with E-state index in [1.54, 1.807) is 0 Å². The Hall–Kier alpha value is -1.94. The zero-order chi connectivity index (χ0) is 73.7. The second kappa shape index (κ2) is 71.3. The minimum absolute atomic E-state index is 0.105. The molecule has 0 aliphatic rings. The third-order valence-corrected chi connectivity index (χ3v) is 20.8. The number of aliphatic hydroxyl groups is 1. The lowest BCUT2D eigenvalue weighted by molar-refractivity contribution is -0.161. The van der Waals surface area contributed by atoms with Crippen LogP contribution in [0.4, 0.5) is 0 Å². The molecule has 0 amide bonds. The van der Waals surface area contributed by atoms with Gasteiger partial charge >= 0.3 is 39.5 Å². The van der Waals surface area contributed by atoms with Crippen LogP contribution in [0.2, 0.25) is 0 Å². The number of esters is 4. The van der Waals surface area contributed by atoms with Crippen LogP contribution in [0, 0.1) is 17.8 Å². The lowest BCUT2D eigenvalue weighted by Crippen LogP contribution is -2.30. The molecule has 100 heavy (non-hydrogen) atoms. The summed E-state index contributed by atoms with van der Waals surface area (Å²) >= 11 is 0. The number of carbonyl (C=O) groups is 4. The zero-order valence-corrected chi connectivity index (χ0v) is 67.5. The molecule has 0 aliphatic heterocycles. The van der Waals surface area contributed by atoms with E-state index >= 15 is 0 Å². The predicted octanol–water partition coefficient (Wildman–Crippen LogP) is 24.1. The number of hydrogen-bond donors (Lipinski definition) is 3. The van der Waals surface area contributed by atoms with Gasteiger partial charge in [0.1, 0.15) is 19.3 Å². The third kappa shape index (κ3) is 74.3. The highest BCUT2D eigenvalue weighted by Gasteiger charge is 2.30. The summed E-state index contributed by atoms with van der Waals surface area (Å²) in [6.45, 7) is 11.9. The van der Waals surface area contributed by atoms with Crippen LogP contribution in [0.1, 0.15) is 421 Å². The summed E-state index contributed by atoms with van der Waals surface area (Å²) in [6.07, 6.45) is 59.8. The largest absolute Gasteiger partial charge is 0.472 e. The van der Waals surface area contributed by atoms with Crippen LogP contribution < -0.4 is 0 Å². The fourth-order valence-electron chi connectivity index (χ4n) is 12.5. The lowest BCUT2D eigenvalue weighted by atomic mass is 10.0. The van der Waals surface area contributed by atoms with Crippen LogP contribution in [0.5, 0.6) is 0 Å². The summed E-state index contributed by atoms with van der Waals surface area (Å²) in [6, 6.07) is 0. The Kier molecular flexibility index (Phi) is 69.9. The number of rotatable bonds is 79. The first-order valence-electron chi connectivity index (χ1n) is 41.8. The molecule has 0 saturated heterocycles. The van der Waals surface area contributed by atoms with E-state index in [0.29, 0.717) is 25.7 Å². The van der Waals surface area contributed by atoms with E-state index in [4.69, 9.17) is 37.0 Å². The summed E-state index contributed by atoms with van der Waals surface area (Å²) in [7, 11) is -9.92. The van der Waals surface area contributed by atoms with Crippen LogP contribution >= 0.6 is 15.6 Å². The predicted molar refractivity (Wildman–Crippen MR) is 409 cm³/mol. The van der Waals surface area contributed by atoms with Crippen molar-refractivity contribution in [2.75, 3.05) is 39.6 Å². The van der Waals surface area contributed by atoms with Crippen LogP contribution in [-0.2, 0) is 65.4 Å². The number of hydrogen-bond acceptors (Lipinski definition) is 15. The molecule has 19 heteroatoms. The van der Waals surface area contributed by atoms with Crippen molar-refractivity contribution in [2.24, 2.45) is 17.8 Å². The smallest absolute Gasteiger partial charge is 0.462 e. The fourth-order valence-corrected chi connectivity index (χ4v) is 14.1. The normalized spacial score (nSPS) is 14.0. The lowest BCUT2D eigenvalue weighted by Gasteiger charge is -2.21. The van der Waals surface area contributed by atoms with Crippen molar-refractivity contribution in [3.05, 3.63) is 0 Å². The van der Waals surface area contributed by atoms with Gasteiger partial charge in [0.2, 0.25) is 0 Å². The Labute approximate surface area is 613 Å². The molecule has 0 heterocycles. The minimum atomic E-state index is -4.96. The van der Waals surface area contributed by atoms with E-state index in [-0.39, 0.29) is 25.7 Å². The summed E-state index contributed by atoms with van der Waals surface area (Å²) in [4.78, 5) is 73.0. The van der Waals surface area contributed by atoms with Gasteiger partial charge in [0.25, 0.3) is 0 Å². The van der Waals surface area contributed by atoms with Crippen LogP contribution in [0.15, 0.2) is 0 Å². The molecular formula is C81H158O17P2. The van der Waals surface area contributed by atoms with Gasteiger partial charge in [0.05, 0.1) is 26.4 Å². The first-order valence-corrected chi connectivity index (χ1v) is 44.8. The van der Waals surface area contributed by atoms with Crippen molar-refractivity contribution < 1.29 is 80.2 Å². The zero-order valence-electron chi connectivity index (χ0n) is 65.7. The van der Waals surface area contributed by atoms with Crippen LogP contribution in [0.25, 0.3) is 0 Å². The van der Waals surface area contributed by atoms with E-state index < -0.39 is 97.5 Å². The second-order valence-corrected chi connectivity index (χ2v) is 33.5. The van der Waals surface area contributed by atoms with Gasteiger partial charge < -0.3 is 33.8 Å². The second-order valence-electron chi connectivity index (χ2n) is 30.6. The number of unbranched alkanes of at least 4 members (excludes halogenated alkanes) is 47. The van der Waals surface area contributed by atoms with E-state index in [1.807, 2.05) is 0 Å². The van der Waals surface area contributed by atoms with Crippen molar-refractivity contribution in [2.45, 2.75) is 439 Å². The standard InChI is InChI=1S/C81H158O17P2/c1-8-9-10-11-12-13-14-15-16-17-18-22-25-28-33-41-48-55-62-78(83)91-68-76(97-80(85)64-57-50-43-34-29-26-23-20-19-21-24-27-31-38-45-52-59-72(2)3)70-95-99(87,88)93-66-75(82)67-94-100(89,90)96-71-77(69-92-79(84)63-56-49-42-37-36-40-47-54-61-74(6)7)98-81(86)65-58-51-44-35-30-32-39-46-53-60-73(4)5/h72-77,82H,8-71H2,1-7H3,(H,87,88)(H,89,90)/t75-,76-,77-/m1/s1. The minimum Gasteiger partial charge on any atom is -0.462 e. The molecule has 594 valence electrons. The third-order valence-electron chi connectivity index (χ3n) is 18.9. The molecule has 0 fully saturated rings. The molecule has 2 unspecified atom stereocenters. The molecule has 0 rings (SSSR count). The van der Waals surface area contributed by atoms with Gasteiger partial charge in [-0.1, -0.05) is 370 Å². The molecule has 17 nitrogen and oxygen atoms in total. The van der Waals surface area contributed by atoms with Gasteiger partial charge in [0, 0.05) is 25.7 Å². The number of phosphoric acid groups is 2. The summed E-state index contributed by atoms with van der Waals surface area (Å²) in [5.41, 5.74) is 0. The fraction of sp³-hybridized carbons (Fsp3) is 0.951. The van der Waals surface area contributed by atoms with Crippen LogP contribution in [0.3, 0.4) is 0 Å². The number of phosphoric ester groups is 2. The summed E-state index contributed by atoms with van der Waals surface area (Å²) in [5, 5.41) is 10.6. The highest BCUT2D eigenvalue weighted by Crippen LogP contribution is 2.45. The van der Waals surface area contributed by atoms with E-state index in [2.05, 4.69) is 48.5 Å². The maximum absolute atomic E-state index is 13.1. The molecule has 0 aromatic heterocycles. The molecule has 0 radical (unpaired) electrons. The molecule has 0 aliphatic carbocycles. The molecule has 3 N–H and O–H groups in total. The molecule has 0 aromatic rings. The van der Waals surface area contributed by atoms with Crippen molar-refractivity contribution in [1.29, 1.82) is 0 Å². The van der Waals surface area contributed by atoms with Crippen molar-refractivity contribution in [3.63, 3.8) is 0 Å². The number of carbonyl (C=O) groups excluding carboxylic acids is 4. The Morgan fingerprint density at radius 3 is 0.680 bits per heavy atom. The Morgan fingerprint density at radius 1 is 0.270 bits per heavy atom. The summed E-state index contributed by atoms with van der Waals surface area (Å²) in [5.74, 6) is 0.160. The Bertz CT molecular complexity index is 1940. The molecular weight excluding hydrogens is 1310 g/mol. The maximum Gasteiger partial charge on any atom is 0.472 e.